The quantitative estimate of drug-likeness (QED) is 0.573. The van der Waals surface area contributed by atoms with Gasteiger partial charge in [-0.05, 0) is 43.4 Å². The van der Waals surface area contributed by atoms with E-state index in [9.17, 15) is 4.79 Å². The van der Waals surface area contributed by atoms with E-state index in [-0.39, 0.29) is 11.8 Å². The van der Waals surface area contributed by atoms with Crippen LogP contribution in [0.3, 0.4) is 0 Å². The van der Waals surface area contributed by atoms with Crippen LogP contribution in [0.25, 0.3) is 0 Å². The van der Waals surface area contributed by atoms with E-state index < -0.39 is 0 Å². The average molecular weight is 421 g/mol. The number of nitrogens with zero attached hydrogens (tertiary/aromatic N) is 4. The fraction of sp³-hybridized carbons (Fsp3) is 0.458. The third-order valence-electron chi connectivity index (χ3n) is 6.23. The largest absolute Gasteiger partial charge is 0.369 e. The summed E-state index contributed by atoms with van der Waals surface area (Å²) in [6.45, 7) is 6.93. The first-order valence-electron chi connectivity index (χ1n) is 11.2. The van der Waals surface area contributed by atoms with Gasteiger partial charge in [-0.3, -0.25) is 4.79 Å². The van der Waals surface area contributed by atoms with E-state index in [0.29, 0.717) is 6.54 Å². The highest BCUT2D eigenvalue weighted by Gasteiger charge is 2.25. The van der Waals surface area contributed by atoms with E-state index in [1.807, 2.05) is 12.3 Å². The molecule has 7 nitrogen and oxygen atoms in total. The molecule has 7 heteroatoms. The van der Waals surface area contributed by atoms with Crippen molar-refractivity contribution in [2.24, 2.45) is 16.6 Å². The number of carbonyl (C=O) groups is 1. The van der Waals surface area contributed by atoms with Gasteiger partial charge in [-0.25, -0.2) is 9.98 Å². The fourth-order valence-electron chi connectivity index (χ4n) is 4.48. The third kappa shape index (κ3) is 4.98. The van der Waals surface area contributed by atoms with Gasteiger partial charge in [0.15, 0.2) is 5.96 Å². The number of guanidine groups is 1. The van der Waals surface area contributed by atoms with Crippen LogP contribution in [0.15, 0.2) is 47.6 Å². The lowest BCUT2D eigenvalue weighted by molar-refractivity contribution is -0.122. The SMILES string of the molecule is CCNC(=NCc1cccnc1N1CCC(C(N)=O)CC1)N1CCc2ccccc2C1. The summed E-state index contributed by atoms with van der Waals surface area (Å²) >= 11 is 0. The van der Waals surface area contributed by atoms with Crippen molar-refractivity contribution < 1.29 is 4.79 Å². The standard InChI is InChI=1S/C24H32N6O/c1-2-26-24(30-15-9-18-6-3-4-7-21(18)17-30)28-16-20-8-5-12-27-23(20)29-13-10-19(11-14-29)22(25)31/h3-8,12,19H,2,9-11,13-17H2,1H3,(H2,25,31)(H,26,28). The molecule has 1 aromatic heterocycles. The van der Waals surface area contributed by atoms with Crippen molar-refractivity contribution in [3.63, 3.8) is 0 Å². The van der Waals surface area contributed by atoms with Gasteiger partial charge in [-0.15, -0.1) is 0 Å². The molecule has 1 fully saturated rings. The number of carbonyl (C=O) groups excluding carboxylic acids is 1. The highest BCUT2D eigenvalue weighted by atomic mass is 16.1. The highest BCUT2D eigenvalue weighted by Crippen LogP contribution is 2.25. The summed E-state index contributed by atoms with van der Waals surface area (Å²) in [6, 6.07) is 12.7. The third-order valence-corrected chi connectivity index (χ3v) is 6.23. The molecule has 4 rings (SSSR count). The minimum Gasteiger partial charge on any atom is -0.369 e. The van der Waals surface area contributed by atoms with Crippen LogP contribution in [0.4, 0.5) is 5.82 Å². The monoisotopic (exact) mass is 420 g/mol. The topological polar surface area (TPSA) is 86.9 Å². The number of fused-ring (bicyclic) bond motifs is 1. The number of pyridine rings is 1. The maximum Gasteiger partial charge on any atom is 0.220 e. The lowest BCUT2D eigenvalue weighted by Crippen LogP contribution is -2.44. The summed E-state index contributed by atoms with van der Waals surface area (Å²) < 4.78 is 0. The van der Waals surface area contributed by atoms with Crippen LogP contribution < -0.4 is 16.0 Å². The van der Waals surface area contributed by atoms with Crippen LogP contribution in [-0.4, -0.2) is 47.9 Å². The molecule has 3 heterocycles. The molecular formula is C24H32N6O. The van der Waals surface area contributed by atoms with Gasteiger partial charge < -0.3 is 20.9 Å². The van der Waals surface area contributed by atoms with Crippen molar-refractivity contribution in [3.05, 3.63) is 59.3 Å². The Morgan fingerprint density at radius 3 is 2.68 bits per heavy atom. The molecule has 0 atom stereocenters. The molecule has 0 spiro atoms. The molecular weight excluding hydrogens is 388 g/mol. The van der Waals surface area contributed by atoms with Crippen LogP contribution in [0.5, 0.6) is 0 Å². The molecule has 0 radical (unpaired) electrons. The predicted octanol–water partition coefficient (Wildman–Crippen LogP) is 2.31. The molecule has 0 unspecified atom stereocenters. The molecule has 1 amide bonds. The first-order valence-corrected chi connectivity index (χ1v) is 11.2. The van der Waals surface area contributed by atoms with Crippen LogP contribution >= 0.6 is 0 Å². The lowest BCUT2D eigenvalue weighted by Gasteiger charge is -2.33. The van der Waals surface area contributed by atoms with Crippen LogP contribution in [0.2, 0.25) is 0 Å². The van der Waals surface area contributed by atoms with Crippen LogP contribution in [-0.2, 0) is 24.3 Å². The van der Waals surface area contributed by atoms with Crippen molar-refractivity contribution in [1.29, 1.82) is 0 Å². The molecule has 0 bridgehead atoms. The second-order valence-corrected chi connectivity index (χ2v) is 8.26. The van der Waals surface area contributed by atoms with Crippen molar-refractivity contribution in [2.45, 2.75) is 39.3 Å². The zero-order valence-electron chi connectivity index (χ0n) is 18.3. The van der Waals surface area contributed by atoms with E-state index in [0.717, 1.165) is 69.3 Å². The Hall–Kier alpha value is -3.09. The molecule has 2 aliphatic heterocycles. The van der Waals surface area contributed by atoms with Crippen molar-refractivity contribution in [3.8, 4) is 0 Å². The first kappa shape index (κ1) is 21.2. The Kier molecular flexibility index (Phi) is 6.70. The molecule has 1 saturated heterocycles. The van der Waals surface area contributed by atoms with Gasteiger partial charge in [-0.1, -0.05) is 30.3 Å². The number of primary amides is 1. The molecule has 31 heavy (non-hydrogen) atoms. The van der Waals surface area contributed by atoms with Gasteiger partial charge in [-0.2, -0.15) is 0 Å². The van der Waals surface area contributed by atoms with E-state index in [2.05, 4.69) is 57.4 Å². The average Bonchev–Trinajstić information content (AvgIpc) is 2.81. The number of benzene rings is 1. The summed E-state index contributed by atoms with van der Waals surface area (Å²) in [7, 11) is 0. The van der Waals surface area contributed by atoms with Gasteiger partial charge >= 0.3 is 0 Å². The molecule has 2 aromatic rings. The Morgan fingerprint density at radius 2 is 1.94 bits per heavy atom. The molecule has 0 saturated carbocycles. The number of nitrogens with two attached hydrogens (primary N) is 1. The van der Waals surface area contributed by atoms with Crippen molar-refractivity contribution in [1.82, 2.24) is 15.2 Å². The molecule has 164 valence electrons. The lowest BCUT2D eigenvalue weighted by atomic mass is 9.96. The highest BCUT2D eigenvalue weighted by molar-refractivity contribution is 5.80. The Morgan fingerprint density at radius 1 is 1.16 bits per heavy atom. The Labute approximate surface area is 184 Å². The first-order chi connectivity index (χ1) is 15.2. The van der Waals surface area contributed by atoms with Gasteiger partial charge in [0.25, 0.3) is 0 Å². The number of hydrogen-bond acceptors (Lipinski definition) is 4. The van der Waals surface area contributed by atoms with Gasteiger partial charge in [0, 0.05) is 50.4 Å². The van der Waals surface area contributed by atoms with Crippen molar-refractivity contribution in [2.75, 3.05) is 31.1 Å². The number of rotatable bonds is 5. The minimum absolute atomic E-state index is 0.0243. The maximum absolute atomic E-state index is 11.5. The Balaban J connectivity index is 1.48. The number of nitrogens with one attached hydrogen (secondary N) is 1. The number of amides is 1. The number of hydrogen-bond donors (Lipinski definition) is 2. The van der Waals surface area contributed by atoms with Crippen molar-refractivity contribution >= 4 is 17.7 Å². The van der Waals surface area contributed by atoms with E-state index in [1.54, 1.807) is 0 Å². The van der Waals surface area contributed by atoms with E-state index in [4.69, 9.17) is 10.7 Å². The zero-order valence-corrected chi connectivity index (χ0v) is 18.3. The smallest absolute Gasteiger partial charge is 0.220 e. The Bertz CT molecular complexity index is 935. The second kappa shape index (κ2) is 9.81. The van der Waals surface area contributed by atoms with E-state index in [1.165, 1.54) is 11.1 Å². The molecule has 1 aromatic carbocycles. The van der Waals surface area contributed by atoms with E-state index >= 15 is 0 Å². The normalized spacial score (nSPS) is 17.4. The van der Waals surface area contributed by atoms with Gasteiger partial charge in [0.1, 0.15) is 5.82 Å². The van der Waals surface area contributed by atoms with Crippen LogP contribution in [0.1, 0.15) is 36.5 Å². The zero-order chi connectivity index (χ0) is 21.6. The van der Waals surface area contributed by atoms with Crippen LogP contribution in [0, 0.1) is 5.92 Å². The summed E-state index contributed by atoms with van der Waals surface area (Å²) in [4.78, 5) is 25.7. The number of piperidine rings is 1. The minimum atomic E-state index is -0.191. The molecule has 2 aliphatic rings. The number of aromatic nitrogens is 1. The molecule has 0 aliphatic carbocycles. The fourth-order valence-corrected chi connectivity index (χ4v) is 4.48. The summed E-state index contributed by atoms with van der Waals surface area (Å²) in [6.07, 6.45) is 4.43. The number of anilines is 1. The van der Waals surface area contributed by atoms with Gasteiger partial charge in [0.05, 0.1) is 6.54 Å². The number of aliphatic imine (C=N–C) groups is 1. The maximum atomic E-state index is 11.5. The summed E-state index contributed by atoms with van der Waals surface area (Å²) in [5.74, 6) is 1.70. The summed E-state index contributed by atoms with van der Waals surface area (Å²) in [5.41, 5.74) is 9.40. The predicted molar refractivity (Wildman–Crippen MR) is 124 cm³/mol. The summed E-state index contributed by atoms with van der Waals surface area (Å²) in [5, 5.41) is 3.46. The van der Waals surface area contributed by atoms with Gasteiger partial charge in [0.2, 0.25) is 5.91 Å². The second-order valence-electron chi connectivity index (χ2n) is 8.26. The molecule has 3 N–H and O–H groups in total.